The van der Waals surface area contributed by atoms with E-state index in [-0.39, 0.29) is 11.9 Å². The molecule has 0 spiro atoms. The molecule has 1 atom stereocenters. The molecule has 104 valence electrons. The van der Waals surface area contributed by atoms with E-state index in [9.17, 15) is 4.39 Å². The van der Waals surface area contributed by atoms with Gasteiger partial charge >= 0.3 is 0 Å². The molecule has 0 bridgehead atoms. The molecule has 20 heavy (non-hydrogen) atoms. The van der Waals surface area contributed by atoms with Gasteiger partial charge in [-0.1, -0.05) is 36.4 Å². The van der Waals surface area contributed by atoms with Gasteiger partial charge in [-0.05, 0) is 41.8 Å². The van der Waals surface area contributed by atoms with Gasteiger partial charge < -0.3 is 10.1 Å². The van der Waals surface area contributed by atoms with Crippen LogP contribution in [0.25, 0.3) is 0 Å². The van der Waals surface area contributed by atoms with Gasteiger partial charge in [0.25, 0.3) is 0 Å². The maximum Gasteiger partial charge on any atom is 0.123 e. The number of ether oxygens (including phenoxy) is 1. The fourth-order valence-electron chi connectivity index (χ4n) is 2.59. The predicted molar refractivity (Wildman–Crippen MR) is 76.9 cm³/mol. The molecule has 0 aromatic heterocycles. The average Bonchev–Trinajstić information content (AvgIpc) is 2.49. The summed E-state index contributed by atoms with van der Waals surface area (Å²) in [5.74, 6) is -0.184. The van der Waals surface area contributed by atoms with E-state index >= 15 is 0 Å². The summed E-state index contributed by atoms with van der Waals surface area (Å²) in [4.78, 5) is 0. The molecule has 0 saturated carbocycles. The van der Waals surface area contributed by atoms with Gasteiger partial charge in [-0.25, -0.2) is 4.39 Å². The monoisotopic (exact) mass is 271 g/mol. The number of fused-ring (bicyclic) bond motifs is 1. The standard InChI is InChI=1S/C17H18FNO/c18-15-7-5-13(6-8-15)9-10-19-17-12-20-11-14-3-1-2-4-16(14)17/h1-8,17,19H,9-12H2. The van der Waals surface area contributed by atoms with Crippen molar-refractivity contribution in [3.63, 3.8) is 0 Å². The van der Waals surface area contributed by atoms with Gasteiger partial charge in [-0.15, -0.1) is 0 Å². The fourth-order valence-corrected chi connectivity index (χ4v) is 2.59. The van der Waals surface area contributed by atoms with Crippen molar-refractivity contribution in [2.75, 3.05) is 13.2 Å². The zero-order chi connectivity index (χ0) is 13.8. The molecule has 0 fully saturated rings. The number of benzene rings is 2. The lowest BCUT2D eigenvalue weighted by Gasteiger charge is -2.26. The van der Waals surface area contributed by atoms with Crippen LogP contribution in [0.4, 0.5) is 4.39 Å². The molecule has 0 saturated heterocycles. The maximum absolute atomic E-state index is 12.8. The van der Waals surface area contributed by atoms with Crippen molar-refractivity contribution in [3.8, 4) is 0 Å². The van der Waals surface area contributed by atoms with E-state index < -0.39 is 0 Å². The number of halogens is 1. The molecule has 3 rings (SSSR count). The third-order valence-corrected chi connectivity index (χ3v) is 3.69. The van der Waals surface area contributed by atoms with Crippen molar-refractivity contribution in [2.24, 2.45) is 0 Å². The number of hydrogen-bond acceptors (Lipinski definition) is 2. The molecule has 2 aromatic carbocycles. The third-order valence-electron chi connectivity index (χ3n) is 3.69. The first-order valence-corrected chi connectivity index (χ1v) is 6.96. The molecule has 1 heterocycles. The molecule has 1 aliphatic rings. The highest BCUT2D eigenvalue weighted by molar-refractivity contribution is 5.31. The Balaban J connectivity index is 1.58. The van der Waals surface area contributed by atoms with E-state index in [1.54, 1.807) is 0 Å². The van der Waals surface area contributed by atoms with Crippen molar-refractivity contribution in [3.05, 3.63) is 71.0 Å². The van der Waals surface area contributed by atoms with Crippen molar-refractivity contribution in [2.45, 2.75) is 19.1 Å². The Labute approximate surface area is 118 Å². The smallest absolute Gasteiger partial charge is 0.123 e. The summed E-state index contributed by atoms with van der Waals surface area (Å²) in [6.45, 7) is 2.26. The Hall–Kier alpha value is -1.71. The Bertz CT molecular complexity index is 567. The lowest BCUT2D eigenvalue weighted by molar-refractivity contribution is 0.0824. The van der Waals surface area contributed by atoms with E-state index in [1.165, 1.54) is 23.3 Å². The first kappa shape index (κ1) is 13.3. The SMILES string of the molecule is Fc1ccc(CCNC2COCc3ccccc32)cc1. The lowest BCUT2D eigenvalue weighted by atomic mass is 9.99. The molecule has 0 amide bonds. The minimum absolute atomic E-state index is 0.184. The van der Waals surface area contributed by atoms with E-state index in [0.717, 1.165) is 18.5 Å². The van der Waals surface area contributed by atoms with Crippen LogP contribution in [0, 0.1) is 5.82 Å². The zero-order valence-corrected chi connectivity index (χ0v) is 11.3. The number of hydrogen-bond donors (Lipinski definition) is 1. The van der Waals surface area contributed by atoms with Gasteiger partial charge in [0, 0.05) is 0 Å². The Morgan fingerprint density at radius 1 is 1.10 bits per heavy atom. The predicted octanol–water partition coefficient (Wildman–Crippen LogP) is 3.23. The molecular formula is C17H18FNO. The Morgan fingerprint density at radius 2 is 1.90 bits per heavy atom. The highest BCUT2D eigenvalue weighted by Crippen LogP contribution is 2.24. The normalized spacial score (nSPS) is 17.8. The molecular weight excluding hydrogens is 253 g/mol. The van der Waals surface area contributed by atoms with Gasteiger partial charge in [-0.2, -0.15) is 0 Å². The van der Waals surface area contributed by atoms with Crippen molar-refractivity contribution in [1.29, 1.82) is 0 Å². The second kappa shape index (κ2) is 6.16. The summed E-state index contributed by atoms with van der Waals surface area (Å²) in [5, 5.41) is 3.52. The second-order valence-electron chi connectivity index (χ2n) is 5.10. The van der Waals surface area contributed by atoms with Crippen LogP contribution in [0.15, 0.2) is 48.5 Å². The first-order chi connectivity index (χ1) is 9.83. The third kappa shape index (κ3) is 3.06. The van der Waals surface area contributed by atoms with Crippen molar-refractivity contribution in [1.82, 2.24) is 5.32 Å². The summed E-state index contributed by atoms with van der Waals surface area (Å²) in [5.41, 5.74) is 3.74. The molecule has 3 heteroatoms. The maximum atomic E-state index is 12.8. The van der Waals surface area contributed by atoms with Crippen molar-refractivity contribution >= 4 is 0 Å². The fraction of sp³-hybridized carbons (Fsp3) is 0.294. The van der Waals surface area contributed by atoms with Gasteiger partial charge in [0.15, 0.2) is 0 Å². The lowest BCUT2D eigenvalue weighted by Crippen LogP contribution is -2.31. The summed E-state index contributed by atoms with van der Waals surface area (Å²) >= 11 is 0. The van der Waals surface area contributed by atoms with E-state index in [2.05, 4.69) is 23.5 Å². The van der Waals surface area contributed by atoms with Gasteiger partial charge in [-0.3, -0.25) is 0 Å². The van der Waals surface area contributed by atoms with Crippen LogP contribution in [0.5, 0.6) is 0 Å². The Kier molecular flexibility index (Phi) is 4.09. The molecule has 0 radical (unpaired) electrons. The van der Waals surface area contributed by atoms with Crippen LogP contribution in [0.3, 0.4) is 0 Å². The largest absolute Gasteiger partial charge is 0.375 e. The quantitative estimate of drug-likeness (QED) is 0.922. The molecule has 0 aliphatic carbocycles. The van der Waals surface area contributed by atoms with Crippen LogP contribution in [0.2, 0.25) is 0 Å². The second-order valence-corrected chi connectivity index (χ2v) is 5.10. The van der Waals surface area contributed by atoms with E-state index in [4.69, 9.17) is 4.74 Å². The molecule has 1 N–H and O–H groups in total. The van der Waals surface area contributed by atoms with Gasteiger partial charge in [0.1, 0.15) is 5.82 Å². The highest BCUT2D eigenvalue weighted by Gasteiger charge is 2.19. The average molecular weight is 271 g/mol. The summed E-state index contributed by atoms with van der Waals surface area (Å²) in [6, 6.07) is 15.3. The van der Waals surface area contributed by atoms with Crippen LogP contribution in [0.1, 0.15) is 22.7 Å². The van der Waals surface area contributed by atoms with Crippen LogP contribution >= 0.6 is 0 Å². The van der Waals surface area contributed by atoms with Crippen molar-refractivity contribution < 1.29 is 9.13 Å². The molecule has 2 nitrogen and oxygen atoms in total. The molecule has 1 unspecified atom stereocenters. The number of nitrogens with one attached hydrogen (secondary N) is 1. The number of rotatable bonds is 4. The summed E-state index contributed by atoms with van der Waals surface area (Å²) < 4.78 is 18.4. The van der Waals surface area contributed by atoms with E-state index in [0.29, 0.717) is 13.2 Å². The minimum atomic E-state index is -0.184. The van der Waals surface area contributed by atoms with E-state index in [1.807, 2.05) is 18.2 Å². The minimum Gasteiger partial charge on any atom is -0.375 e. The van der Waals surface area contributed by atoms with Gasteiger partial charge in [0.2, 0.25) is 0 Å². The van der Waals surface area contributed by atoms with Gasteiger partial charge in [0.05, 0.1) is 19.3 Å². The van der Waals surface area contributed by atoms with Crippen LogP contribution < -0.4 is 5.32 Å². The molecule has 1 aliphatic heterocycles. The van der Waals surface area contributed by atoms with Crippen LogP contribution in [-0.4, -0.2) is 13.2 Å². The first-order valence-electron chi connectivity index (χ1n) is 6.96. The van der Waals surface area contributed by atoms with Crippen LogP contribution in [-0.2, 0) is 17.8 Å². The molecule has 2 aromatic rings. The topological polar surface area (TPSA) is 21.3 Å². The highest BCUT2D eigenvalue weighted by atomic mass is 19.1. The zero-order valence-electron chi connectivity index (χ0n) is 11.3. The summed E-state index contributed by atoms with van der Waals surface area (Å²) in [7, 11) is 0. The Morgan fingerprint density at radius 3 is 2.75 bits per heavy atom. The summed E-state index contributed by atoms with van der Waals surface area (Å²) in [6.07, 6.45) is 0.888.